The van der Waals surface area contributed by atoms with Crippen LogP contribution in [0.2, 0.25) is 0 Å². The zero-order valence-electron chi connectivity index (χ0n) is 9.50. The van der Waals surface area contributed by atoms with Gasteiger partial charge < -0.3 is 9.84 Å². The number of nitrogens with zero attached hydrogens (tertiary/aromatic N) is 2. The number of pyridine rings is 1. The van der Waals surface area contributed by atoms with Crippen molar-refractivity contribution < 1.29 is 19.0 Å². The number of rotatable bonds is 3. The Balaban J connectivity index is 2.44. The van der Waals surface area contributed by atoms with Crippen LogP contribution in [0.15, 0.2) is 36.5 Å². The second kappa shape index (κ2) is 5.14. The van der Waals surface area contributed by atoms with Gasteiger partial charge in [-0.15, -0.1) is 0 Å². The van der Waals surface area contributed by atoms with Crippen LogP contribution in [0, 0.1) is 17.1 Å². The van der Waals surface area contributed by atoms with Crippen molar-refractivity contribution in [3.05, 3.63) is 53.5 Å². The fourth-order valence-electron chi connectivity index (χ4n) is 1.41. The van der Waals surface area contributed by atoms with E-state index < -0.39 is 17.3 Å². The molecule has 0 spiro atoms. The number of aromatic carboxylic acids is 1. The smallest absolute Gasteiger partial charge is 0.341 e. The average Bonchev–Trinajstić information content (AvgIpc) is 2.41. The van der Waals surface area contributed by atoms with Crippen LogP contribution in [0.4, 0.5) is 4.39 Å². The van der Waals surface area contributed by atoms with Gasteiger partial charge in [-0.1, -0.05) is 12.1 Å². The molecule has 0 unspecified atom stereocenters. The summed E-state index contributed by atoms with van der Waals surface area (Å²) < 4.78 is 18.2. The number of carboxylic acid groups (broad SMARTS) is 1. The van der Waals surface area contributed by atoms with E-state index >= 15 is 0 Å². The van der Waals surface area contributed by atoms with Gasteiger partial charge in [0.15, 0.2) is 0 Å². The van der Waals surface area contributed by atoms with Gasteiger partial charge in [-0.05, 0) is 18.2 Å². The summed E-state index contributed by atoms with van der Waals surface area (Å²) in [6, 6.07) is 8.98. The molecule has 1 heterocycles. The first-order valence-corrected chi connectivity index (χ1v) is 5.17. The van der Waals surface area contributed by atoms with E-state index in [0.29, 0.717) is 0 Å². The van der Waals surface area contributed by atoms with Crippen molar-refractivity contribution in [3.63, 3.8) is 0 Å². The first kappa shape index (κ1) is 12.5. The zero-order chi connectivity index (χ0) is 13.8. The molecule has 1 N–H and O–H groups in total. The molecule has 0 bridgehead atoms. The number of ether oxygens (including phenoxy) is 1. The third-order valence-electron chi connectivity index (χ3n) is 2.26. The Morgan fingerprint density at radius 2 is 2.16 bits per heavy atom. The quantitative estimate of drug-likeness (QED) is 0.914. The lowest BCUT2D eigenvalue weighted by Crippen LogP contribution is -2.03. The van der Waals surface area contributed by atoms with Crippen LogP contribution in [0.1, 0.15) is 15.9 Å². The van der Waals surface area contributed by atoms with E-state index in [0.717, 1.165) is 12.3 Å². The second-order valence-corrected chi connectivity index (χ2v) is 3.52. The Morgan fingerprint density at radius 1 is 1.42 bits per heavy atom. The summed E-state index contributed by atoms with van der Waals surface area (Å²) in [5, 5.41) is 17.8. The molecular formula is C13H7FN2O3. The number of hydrogen-bond donors (Lipinski definition) is 1. The van der Waals surface area contributed by atoms with Crippen molar-refractivity contribution in [1.82, 2.24) is 4.98 Å². The molecule has 0 amide bonds. The van der Waals surface area contributed by atoms with Crippen molar-refractivity contribution in [2.45, 2.75) is 0 Å². The first-order valence-electron chi connectivity index (χ1n) is 5.17. The van der Waals surface area contributed by atoms with Crippen molar-refractivity contribution >= 4 is 5.97 Å². The molecule has 0 saturated carbocycles. The average molecular weight is 258 g/mol. The number of hydrogen-bond acceptors (Lipinski definition) is 4. The maximum atomic E-state index is 13.0. The van der Waals surface area contributed by atoms with Crippen molar-refractivity contribution in [3.8, 4) is 17.7 Å². The van der Waals surface area contributed by atoms with Gasteiger partial charge in [0.05, 0.1) is 11.8 Å². The fourth-order valence-corrected chi connectivity index (χ4v) is 1.41. The maximum absolute atomic E-state index is 13.0. The molecular weight excluding hydrogens is 251 g/mol. The van der Waals surface area contributed by atoms with Gasteiger partial charge in [0.2, 0.25) is 5.88 Å². The van der Waals surface area contributed by atoms with Crippen LogP contribution in [-0.4, -0.2) is 16.1 Å². The molecule has 0 radical (unpaired) electrons. The van der Waals surface area contributed by atoms with E-state index in [1.165, 1.54) is 12.1 Å². The molecule has 1 aromatic carbocycles. The summed E-state index contributed by atoms with van der Waals surface area (Å²) in [6.07, 6.45) is 0.844. The monoisotopic (exact) mass is 258 g/mol. The number of carboxylic acids is 1. The molecule has 0 saturated heterocycles. The number of nitriles is 1. The van der Waals surface area contributed by atoms with E-state index in [2.05, 4.69) is 4.98 Å². The summed E-state index contributed by atoms with van der Waals surface area (Å²) in [5.74, 6) is -2.25. The predicted octanol–water partition coefficient (Wildman–Crippen LogP) is 2.58. The first-order chi connectivity index (χ1) is 9.11. The lowest BCUT2D eigenvalue weighted by molar-refractivity contribution is 0.0692. The standard InChI is InChI=1S/C13H7FN2O3/c14-9-5-10(13(17)18)12(16-7-9)19-11-4-2-1-3-8(11)6-15/h1-5,7H,(H,17,18). The molecule has 94 valence electrons. The SMILES string of the molecule is N#Cc1ccccc1Oc1ncc(F)cc1C(=O)O. The topological polar surface area (TPSA) is 83.2 Å². The minimum Gasteiger partial charge on any atom is -0.477 e. The van der Waals surface area contributed by atoms with Gasteiger partial charge >= 0.3 is 5.97 Å². The Hall–Kier alpha value is -2.94. The highest BCUT2D eigenvalue weighted by molar-refractivity contribution is 5.90. The Bertz CT molecular complexity index is 680. The summed E-state index contributed by atoms with van der Waals surface area (Å²) >= 11 is 0. The normalized spacial score (nSPS) is 9.68. The Labute approximate surface area is 107 Å². The molecule has 0 aliphatic carbocycles. The van der Waals surface area contributed by atoms with Crippen molar-refractivity contribution in [2.75, 3.05) is 0 Å². The summed E-state index contributed by atoms with van der Waals surface area (Å²) in [5.41, 5.74) is -0.183. The largest absolute Gasteiger partial charge is 0.477 e. The molecule has 6 heteroatoms. The summed E-state index contributed by atoms with van der Waals surface area (Å²) in [6.45, 7) is 0. The van der Waals surface area contributed by atoms with Crippen LogP contribution in [-0.2, 0) is 0 Å². The van der Waals surface area contributed by atoms with Gasteiger partial charge in [0.1, 0.15) is 23.2 Å². The minimum atomic E-state index is -1.36. The van der Waals surface area contributed by atoms with Crippen molar-refractivity contribution in [1.29, 1.82) is 5.26 Å². The number of halogens is 1. The maximum Gasteiger partial charge on any atom is 0.341 e. The Kier molecular flexibility index (Phi) is 3.39. The predicted molar refractivity (Wildman–Crippen MR) is 62.4 cm³/mol. The van der Waals surface area contributed by atoms with Crippen LogP contribution in [0.3, 0.4) is 0 Å². The fraction of sp³-hybridized carbons (Fsp3) is 0. The number of benzene rings is 1. The zero-order valence-corrected chi connectivity index (χ0v) is 9.50. The molecule has 0 atom stereocenters. The minimum absolute atomic E-state index is 0.159. The molecule has 0 aliphatic heterocycles. The molecule has 0 aliphatic rings. The van der Waals surface area contributed by atoms with E-state index in [4.69, 9.17) is 15.1 Å². The van der Waals surface area contributed by atoms with Crippen LogP contribution < -0.4 is 4.74 Å². The lowest BCUT2D eigenvalue weighted by atomic mass is 10.2. The summed E-state index contributed by atoms with van der Waals surface area (Å²) in [4.78, 5) is 14.5. The highest BCUT2D eigenvalue weighted by Gasteiger charge is 2.16. The highest BCUT2D eigenvalue weighted by Crippen LogP contribution is 2.26. The molecule has 19 heavy (non-hydrogen) atoms. The van der Waals surface area contributed by atoms with E-state index in [1.54, 1.807) is 12.1 Å². The van der Waals surface area contributed by atoms with Crippen LogP contribution in [0.5, 0.6) is 11.6 Å². The van der Waals surface area contributed by atoms with Gasteiger partial charge in [0, 0.05) is 0 Å². The third kappa shape index (κ3) is 2.66. The molecule has 2 rings (SSSR count). The number of carbonyl (C=O) groups is 1. The van der Waals surface area contributed by atoms with E-state index in [-0.39, 0.29) is 17.2 Å². The van der Waals surface area contributed by atoms with Crippen LogP contribution >= 0.6 is 0 Å². The lowest BCUT2D eigenvalue weighted by Gasteiger charge is -2.08. The third-order valence-corrected chi connectivity index (χ3v) is 2.26. The molecule has 5 nitrogen and oxygen atoms in total. The molecule has 2 aromatic rings. The van der Waals surface area contributed by atoms with Crippen LogP contribution in [0.25, 0.3) is 0 Å². The van der Waals surface area contributed by atoms with Gasteiger partial charge in [-0.3, -0.25) is 0 Å². The Morgan fingerprint density at radius 3 is 2.84 bits per heavy atom. The van der Waals surface area contributed by atoms with Gasteiger partial charge in [-0.2, -0.15) is 5.26 Å². The highest BCUT2D eigenvalue weighted by atomic mass is 19.1. The number of aromatic nitrogens is 1. The second-order valence-electron chi connectivity index (χ2n) is 3.52. The van der Waals surface area contributed by atoms with Crippen molar-refractivity contribution in [2.24, 2.45) is 0 Å². The van der Waals surface area contributed by atoms with E-state index in [9.17, 15) is 9.18 Å². The van der Waals surface area contributed by atoms with E-state index in [1.807, 2.05) is 6.07 Å². The number of para-hydroxylation sites is 1. The molecule has 1 aromatic heterocycles. The van der Waals surface area contributed by atoms with Gasteiger partial charge in [0.25, 0.3) is 0 Å². The van der Waals surface area contributed by atoms with Gasteiger partial charge in [-0.25, -0.2) is 14.2 Å². The summed E-state index contributed by atoms with van der Waals surface area (Å²) in [7, 11) is 0. The molecule has 0 fully saturated rings.